The number of hydrogen-bond donors (Lipinski definition) is 1. The first kappa shape index (κ1) is 17.1. The van der Waals surface area contributed by atoms with E-state index >= 15 is 0 Å². The number of rotatable bonds is 9. The third kappa shape index (κ3) is 7.43. The van der Waals surface area contributed by atoms with Crippen molar-refractivity contribution in [2.24, 2.45) is 5.92 Å². The quantitative estimate of drug-likeness (QED) is 0.683. The Bertz CT molecular complexity index is 461. The zero-order valence-electron chi connectivity index (χ0n) is 12.9. The Labute approximate surface area is 124 Å². The molecule has 7 heteroatoms. The van der Waals surface area contributed by atoms with Crippen LogP contribution in [0.5, 0.6) is 0 Å². The second-order valence-electron chi connectivity index (χ2n) is 5.22. The van der Waals surface area contributed by atoms with Crippen molar-refractivity contribution in [2.75, 3.05) is 6.54 Å². The summed E-state index contributed by atoms with van der Waals surface area (Å²) in [6.45, 7) is 5.89. The fraction of sp³-hybridized carbons (Fsp3) is 0.714. The normalized spacial score (nSPS) is 12.0. The minimum Gasteiger partial charge on any atom is -0.356 e. The van der Waals surface area contributed by atoms with Gasteiger partial charge in [0.15, 0.2) is 11.6 Å². The molecule has 1 heterocycles. The lowest BCUT2D eigenvalue weighted by Gasteiger charge is -2.07. The molecule has 1 unspecified atom stereocenters. The molecular formula is C14H23N5O2. The van der Waals surface area contributed by atoms with Gasteiger partial charge in [0.05, 0.1) is 0 Å². The van der Waals surface area contributed by atoms with Crippen molar-refractivity contribution in [1.29, 1.82) is 0 Å². The Morgan fingerprint density at radius 2 is 1.81 bits per heavy atom. The molecule has 7 nitrogen and oxygen atoms in total. The maximum Gasteiger partial charge on any atom is 0.220 e. The number of nitrogens with one attached hydrogen (secondary N) is 1. The van der Waals surface area contributed by atoms with Gasteiger partial charge in [-0.15, -0.1) is 20.4 Å². The van der Waals surface area contributed by atoms with E-state index in [0.29, 0.717) is 31.0 Å². The third-order valence-electron chi connectivity index (χ3n) is 3.28. The van der Waals surface area contributed by atoms with Crippen molar-refractivity contribution < 1.29 is 9.59 Å². The minimum atomic E-state index is -0.0289. The lowest BCUT2D eigenvalue weighted by atomic mass is 10.0. The van der Waals surface area contributed by atoms with Crippen LogP contribution >= 0.6 is 0 Å². The van der Waals surface area contributed by atoms with E-state index in [0.717, 1.165) is 19.3 Å². The standard InChI is InChI=1S/C14H23N5O2/c1-10(11(2)20)6-4-5-9-15-14(21)8-7-13-18-16-12(3)17-19-13/h10H,4-9H2,1-3H3,(H,15,21). The minimum absolute atomic E-state index is 0.0289. The summed E-state index contributed by atoms with van der Waals surface area (Å²) >= 11 is 0. The first-order chi connectivity index (χ1) is 9.99. The van der Waals surface area contributed by atoms with Crippen LogP contribution in [0.4, 0.5) is 0 Å². The highest BCUT2D eigenvalue weighted by Gasteiger charge is 2.07. The molecule has 21 heavy (non-hydrogen) atoms. The maximum absolute atomic E-state index is 11.6. The van der Waals surface area contributed by atoms with Gasteiger partial charge < -0.3 is 5.32 Å². The summed E-state index contributed by atoms with van der Waals surface area (Å²) in [6, 6.07) is 0. The van der Waals surface area contributed by atoms with Crippen LogP contribution in [0.15, 0.2) is 0 Å². The number of ketones is 1. The number of aromatic nitrogens is 4. The van der Waals surface area contributed by atoms with E-state index in [1.54, 1.807) is 13.8 Å². The van der Waals surface area contributed by atoms with Crippen LogP contribution in [0.1, 0.15) is 51.2 Å². The molecule has 0 aromatic carbocycles. The van der Waals surface area contributed by atoms with Gasteiger partial charge in [-0.05, 0) is 26.7 Å². The smallest absolute Gasteiger partial charge is 0.220 e. The van der Waals surface area contributed by atoms with Gasteiger partial charge in [-0.1, -0.05) is 13.3 Å². The van der Waals surface area contributed by atoms with Crippen molar-refractivity contribution in [3.05, 3.63) is 11.6 Å². The van der Waals surface area contributed by atoms with Crippen LogP contribution in [-0.2, 0) is 16.0 Å². The molecule has 1 amide bonds. The number of carbonyl (C=O) groups excluding carboxylic acids is 2. The van der Waals surface area contributed by atoms with E-state index in [1.807, 2.05) is 6.92 Å². The fourth-order valence-corrected chi connectivity index (χ4v) is 1.72. The summed E-state index contributed by atoms with van der Waals surface area (Å²) in [5.41, 5.74) is 0. The highest BCUT2D eigenvalue weighted by atomic mass is 16.1. The summed E-state index contributed by atoms with van der Waals surface area (Å²) < 4.78 is 0. The predicted octanol–water partition coefficient (Wildman–Crippen LogP) is 1.02. The van der Waals surface area contributed by atoms with Crippen LogP contribution < -0.4 is 5.32 Å². The Hall–Kier alpha value is -1.92. The van der Waals surface area contributed by atoms with Gasteiger partial charge in [0.1, 0.15) is 5.78 Å². The Morgan fingerprint density at radius 1 is 1.14 bits per heavy atom. The molecule has 0 saturated carbocycles. The monoisotopic (exact) mass is 293 g/mol. The molecule has 0 spiro atoms. The number of hydrogen-bond acceptors (Lipinski definition) is 6. The molecule has 0 aliphatic rings. The zero-order chi connectivity index (χ0) is 15.7. The van der Waals surface area contributed by atoms with E-state index in [2.05, 4.69) is 25.7 Å². The molecule has 1 rings (SSSR count). The Kier molecular flexibility index (Phi) is 7.42. The first-order valence-corrected chi connectivity index (χ1v) is 7.29. The number of Topliss-reactive ketones (excluding diaryl/α,β-unsaturated/α-hetero) is 1. The van der Waals surface area contributed by atoms with Gasteiger partial charge in [0, 0.05) is 25.3 Å². The second kappa shape index (κ2) is 9.10. The average Bonchev–Trinajstić information content (AvgIpc) is 2.46. The zero-order valence-corrected chi connectivity index (χ0v) is 12.9. The van der Waals surface area contributed by atoms with Crippen molar-refractivity contribution in [2.45, 2.75) is 52.9 Å². The largest absolute Gasteiger partial charge is 0.356 e. The number of unbranched alkanes of at least 4 members (excludes halogenated alkanes) is 1. The lowest BCUT2D eigenvalue weighted by Crippen LogP contribution is -2.25. The highest BCUT2D eigenvalue weighted by Crippen LogP contribution is 2.08. The van der Waals surface area contributed by atoms with Crippen LogP contribution in [0.3, 0.4) is 0 Å². The molecule has 1 aromatic heterocycles. The van der Waals surface area contributed by atoms with Gasteiger partial charge in [-0.3, -0.25) is 9.59 Å². The molecular weight excluding hydrogens is 270 g/mol. The van der Waals surface area contributed by atoms with E-state index in [4.69, 9.17) is 0 Å². The molecule has 1 atom stereocenters. The number of nitrogens with zero attached hydrogens (tertiary/aromatic N) is 4. The summed E-state index contributed by atoms with van der Waals surface area (Å²) in [5.74, 6) is 1.30. The Balaban J connectivity index is 2.09. The molecule has 116 valence electrons. The summed E-state index contributed by atoms with van der Waals surface area (Å²) in [7, 11) is 0. The SMILES string of the molecule is CC(=O)C(C)CCCCNC(=O)CCc1nnc(C)nn1. The van der Waals surface area contributed by atoms with Gasteiger partial charge in [-0.2, -0.15) is 0 Å². The molecule has 0 fully saturated rings. The first-order valence-electron chi connectivity index (χ1n) is 7.29. The van der Waals surface area contributed by atoms with E-state index in [-0.39, 0.29) is 17.6 Å². The third-order valence-corrected chi connectivity index (χ3v) is 3.28. The van der Waals surface area contributed by atoms with E-state index in [1.165, 1.54) is 0 Å². The molecule has 0 aliphatic carbocycles. The lowest BCUT2D eigenvalue weighted by molar-refractivity contribution is -0.121. The average molecular weight is 293 g/mol. The van der Waals surface area contributed by atoms with E-state index in [9.17, 15) is 9.59 Å². The van der Waals surface area contributed by atoms with Crippen molar-refractivity contribution >= 4 is 11.7 Å². The molecule has 1 N–H and O–H groups in total. The maximum atomic E-state index is 11.6. The molecule has 0 bridgehead atoms. The number of aryl methyl sites for hydroxylation is 2. The number of carbonyl (C=O) groups is 2. The van der Waals surface area contributed by atoms with Crippen molar-refractivity contribution in [3.63, 3.8) is 0 Å². The predicted molar refractivity (Wildman–Crippen MR) is 77.4 cm³/mol. The molecule has 1 aromatic rings. The molecule has 0 aliphatic heterocycles. The van der Waals surface area contributed by atoms with Gasteiger partial charge in [0.25, 0.3) is 0 Å². The van der Waals surface area contributed by atoms with Crippen molar-refractivity contribution in [3.8, 4) is 0 Å². The van der Waals surface area contributed by atoms with Gasteiger partial charge in [0.2, 0.25) is 5.91 Å². The molecule has 0 saturated heterocycles. The fourth-order valence-electron chi connectivity index (χ4n) is 1.72. The summed E-state index contributed by atoms with van der Waals surface area (Å²) in [6.07, 6.45) is 3.47. The summed E-state index contributed by atoms with van der Waals surface area (Å²) in [4.78, 5) is 22.7. The topological polar surface area (TPSA) is 97.7 Å². The summed E-state index contributed by atoms with van der Waals surface area (Å²) in [5, 5.41) is 18.2. The van der Waals surface area contributed by atoms with Crippen LogP contribution in [0, 0.1) is 12.8 Å². The Morgan fingerprint density at radius 3 is 2.43 bits per heavy atom. The van der Waals surface area contributed by atoms with Crippen LogP contribution in [-0.4, -0.2) is 38.6 Å². The van der Waals surface area contributed by atoms with Crippen LogP contribution in [0.25, 0.3) is 0 Å². The molecule has 0 radical (unpaired) electrons. The highest BCUT2D eigenvalue weighted by molar-refractivity contribution is 5.77. The van der Waals surface area contributed by atoms with Gasteiger partial charge in [-0.25, -0.2) is 0 Å². The van der Waals surface area contributed by atoms with Crippen LogP contribution in [0.2, 0.25) is 0 Å². The number of amides is 1. The van der Waals surface area contributed by atoms with E-state index < -0.39 is 0 Å². The second-order valence-corrected chi connectivity index (χ2v) is 5.22. The van der Waals surface area contributed by atoms with Crippen molar-refractivity contribution in [1.82, 2.24) is 25.7 Å². The van der Waals surface area contributed by atoms with Gasteiger partial charge >= 0.3 is 0 Å².